The van der Waals surface area contributed by atoms with Gasteiger partial charge in [0.25, 0.3) is 5.91 Å². The summed E-state index contributed by atoms with van der Waals surface area (Å²) in [6, 6.07) is 20.4. The molecular weight excluding hydrogens is 520 g/mol. The molecule has 1 N–H and O–H groups in total. The minimum absolute atomic E-state index is 0.133. The first kappa shape index (κ1) is 27.6. The van der Waals surface area contributed by atoms with Gasteiger partial charge in [0.15, 0.2) is 0 Å². The van der Waals surface area contributed by atoms with Crippen LogP contribution in [0.5, 0.6) is 0 Å². The number of furan rings is 1. The van der Waals surface area contributed by atoms with E-state index in [1.165, 1.54) is 4.88 Å². The quantitative estimate of drug-likeness (QED) is 0.184. The van der Waals surface area contributed by atoms with Crippen LogP contribution in [0.1, 0.15) is 71.0 Å². The summed E-state index contributed by atoms with van der Waals surface area (Å²) in [5.74, 6) is 1.33. The number of fused-ring (bicyclic) bond motifs is 1. The normalized spacial score (nSPS) is 15.2. The molecule has 1 atom stereocenters. The van der Waals surface area contributed by atoms with E-state index in [0.717, 1.165) is 36.1 Å². The Balaban J connectivity index is 1.41. The number of esters is 1. The Morgan fingerprint density at radius 3 is 2.52 bits per heavy atom. The van der Waals surface area contributed by atoms with Crippen molar-refractivity contribution in [2.45, 2.75) is 47.0 Å². The molecule has 2 aromatic carbocycles. The third-order valence-corrected chi connectivity index (χ3v) is 8.51. The van der Waals surface area contributed by atoms with Crippen molar-refractivity contribution >= 4 is 40.1 Å². The number of carbonyl (C=O) groups excluding carboxylic acids is 2. The van der Waals surface area contributed by atoms with E-state index in [2.05, 4.69) is 26.1 Å². The molecule has 1 aliphatic carbocycles. The zero-order valence-electron chi connectivity index (χ0n) is 23.3. The molecule has 2 aromatic heterocycles. The monoisotopic (exact) mass is 554 g/mol. The molecule has 0 spiro atoms. The van der Waals surface area contributed by atoms with E-state index in [1.807, 2.05) is 54.6 Å². The van der Waals surface area contributed by atoms with Gasteiger partial charge in [-0.05, 0) is 79.5 Å². The number of para-hydroxylation sites is 1. The number of carbonyl (C=O) groups is 2. The molecule has 0 saturated heterocycles. The van der Waals surface area contributed by atoms with Crippen molar-refractivity contribution in [1.82, 2.24) is 0 Å². The molecule has 0 aliphatic heterocycles. The van der Waals surface area contributed by atoms with E-state index < -0.39 is 0 Å². The van der Waals surface area contributed by atoms with Crippen LogP contribution in [0.4, 0.5) is 10.7 Å². The van der Waals surface area contributed by atoms with E-state index >= 15 is 0 Å². The number of benzene rings is 2. The molecule has 6 nitrogen and oxygen atoms in total. The summed E-state index contributed by atoms with van der Waals surface area (Å²) >= 11 is 1.61. The highest BCUT2D eigenvalue weighted by atomic mass is 32.1. The lowest BCUT2D eigenvalue weighted by Crippen LogP contribution is -2.27. The van der Waals surface area contributed by atoms with Crippen LogP contribution >= 0.6 is 11.3 Å². The second kappa shape index (κ2) is 11.6. The second-order valence-corrected chi connectivity index (χ2v) is 12.2. The molecular formula is C33H34N2O4S. The third kappa shape index (κ3) is 6.10. The standard InChI is InChI=1S/C33H34N2O4S/c1-5-38-32(37)22-13-11-21(12-14-22)27-18-16-25(39-27)20-34-31-29(30(36)35-24-9-7-6-8-10-24)26-17-15-23(33(2,3)4)19-28(26)40-31/h6-14,16,18,20,23H,5,15,17,19H2,1-4H3,(H,35,36)/t23-/m1/s1. The number of nitrogens with zero attached hydrogens (tertiary/aromatic N) is 1. The van der Waals surface area contributed by atoms with Crippen LogP contribution in [0.25, 0.3) is 11.3 Å². The topological polar surface area (TPSA) is 80.9 Å². The first-order chi connectivity index (χ1) is 19.2. The number of amides is 1. The van der Waals surface area contributed by atoms with Gasteiger partial charge in [-0.2, -0.15) is 0 Å². The summed E-state index contributed by atoms with van der Waals surface area (Å²) in [6.45, 7) is 8.98. The number of nitrogens with one attached hydrogen (secondary N) is 1. The van der Waals surface area contributed by atoms with Crippen molar-refractivity contribution in [3.8, 4) is 11.3 Å². The van der Waals surface area contributed by atoms with E-state index in [9.17, 15) is 9.59 Å². The predicted molar refractivity (Wildman–Crippen MR) is 161 cm³/mol. The maximum Gasteiger partial charge on any atom is 0.338 e. The van der Waals surface area contributed by atoms with Gasteiger partial charge in [-0.25, -0.2) is 9.79 Å². The van der Waals surface area contributed by atoms with Gasteiger partial charge in [0, 0.05) is 16.1 Å². The molecule has 2 heterocycles. The number of hydrogen-bond donors (Lipinski definition) is 1. The first-order valence-electron chi connectivity index (χ1n) is 13.7. The highest BCUT2D eigenvalue weighted by molar-refractivity contribution is 7.16. The fourth-order valence-electron chi connectivity index (χ4n) is 5.04. The lowest BCUT2D eigenvalue weighted by molar-refractivity contribution is 0.0526. The molecule has 0 fully saturated rings. The van der Waals surface area contributed by atoms with Crippen LogP contribution in [-0.2, 0) is 17.6 Å². The summed E-state index contributed by atoms with van der Waals surface area (Å²) in [5.41, 5.74) is 4.08. The second-order valence-electron chi connectivity index (χ2n) is 11.1. The lowest BCUT2D eigenvalue weighted by Gasteiger charge is -2.33. The smallest absolute Gasteiger partial charge is 0.338 e. The van der Waals surface area contributed by atoms with Crippen LogP contribution in [0.3, 0.4) is 0 Å². The third-order valence-electron chi connectivity index (χ3n) is 7.35. The molecule has 40 heavy (non-hydrogen) atoms. The molecule has 0 bridgehead atoms. The van der Waals surface area contributed by atoms with Crippen LogP contribution in [-0.4, -0.2) is 24.7 Å². The van der Waals surface area contributed by atoms with Gasteiger partial charge in [-0.3, -0.25) is 4.79 Å². The van der Waals surface area contributed by atoms with Crippen LogP contribution in [0.2, 0.25) is 0 Å². The van der Waals surface area contributed by atoms with Gasteiger partial charge >= 0.3 is 5.97 Å². The van der Waals surface area contributed by atoms with Gasteiger partial charge in [0.1, 0.15) is 16.5 Å². The Bertz CT molecular complexity index is 1520. The maximum atomic E-state index is 13.5. The van der Waals surface area contributed by atoms with Crippen molar-refractivity contribution in [2.75, 3.05) is 11.9 Å². The van der Waals surface area contributed by atoms with Gasteiger partial charge in [-0.1, -0.05) is 51.1 Å². The van der Waals surface area contributed by atoms with Crippen LogP contribution in [0.15, 0.2) is 76.1 Å². The van der Waals surface area contributed by atoms with Crippen LogP contribution in [0, 0.1) is 11.3 Å². The summed E-state index contributed by atoms with van der Waals surface area (Å²) in [4.78, 5) is 31.5. The van der Waals surface area contributed by atoms with Crippen molar-refractivity contribution in [2.24, 2.45) is 16.3 Å². The molecule has 0 radical (unpaired) electrons. The predicted octanol–water partition coefficient (Wildman–Crippen LogP) is 8.34. The van der Waals surface area contributed by atoms with Gasteiger partial charge in [0.05, 0.1) is 23.9 Å². The Hall–Kier alpha value is -3.97. The van der Waals surface area contributed by atoms with E-state index in [4.69, 9.17) is 14.1 Å². The largest absolute Gasteiger partial charge is 0.462 e. The number of thiophene rings is 1. The molecule has 4 aromatic rings. The molecule has 5 rings (SSSR count). The fraction of sp³-hybridized carbons (Fsp3) is 0.303. The number of aliphatic imine (C=N–C) groups is 1. The van der Waals surface area contributed by atoms with Crippen molar-refractivity contribution in [1.29, 1.82) is 0 Å². The minimum Gasteiger partial charge on any atom is -0.462 e. The SMILES string of the molecule is CCOC(=O)c1ccc(-c2ccc(C=Nc3sc4c(c3C(=O)Nc3ccccc3)CC[C@@H](C(C)(C)C)C4)o2)cc1. The summed E-state index contributed by atoms with van der Waals surface area (Å²) in [5, 5.41) is 3.76. The Kier molecular flexibility index (Phi) is 8.03. The van der Waals surface area contributed by atoms with E-state index in [0.29, 0.717) is 40.2 Å². The van der Waals surface area contributed by atoms with Crippen LogP contribution < -0.4 is 5.32 Å². The van der Waals surface area contributed by atoms with E-state index in [1.54, 1.807) is 36.6 Å². The Morgan fingerprint density at radius 1 is 1.07 bits per heavy atom. The van der Waals surface area contributed by atoms with Gasteiger partial charge in [-0.15, -0.1) is 11.3 Å². The zero-order valence-corrected chi connectivity index (χ0v) is 24.1. The molecule has 206 valence electrons. The van der Waals surface area contributed by atoms with Crippen molar-refractivity contribution < 1.29 is 18.7 Å². The average Bonchev–Trinajstić information content (AvgIpc) is 3.56. The molecule has 7 heteroatoms. The molecule has 1 amide bonds. The lowest BCUT2D eigenvalue weighted by atomic mass is 9.72. The summed E-state index contributed by atoms with van der Waals surface area (Å²) in [7, 11) is 0. The minimum atomic E-state index is -0.346. The summed E-state index contributed by atoms with van der Waals surface area (Å²) in [6.07, 6.45) is 4.55. The highest BCUT2D eigenvalue weighted by Crippen LogP contribution is 2.45. The molecule has 0 unspecified atom stereocenters. The molecule has 1 aliphatic rings. The number of hydrogen-bond acceptors (Lipinski definition) is 6. The van der Waals surface area contributed by atoms with Crippen molar-refractivity contribution in [3.05, 3.63) is 94.1 Å². The highest BCUT2D eigenvalue weighted by Gasteiger charge is 2.33. The van der Waals surface area contributed by atoms with Crippen molar-refractivity contribution in [3.63, 3.8) is 0 Å². The number of rotatable bonds is 7. The first-order valence-corrected chi connectivity index (χ1v) is 14.5. The van der Waals surface area contributed by atoms with E-state index in [-0.39, 0.29) is 17.3 Å². The zero-order chi connectivity index (χ0) is 28.3. The fourth-order valence-corrected chi connectivity index (χ4v) is 6.30. The maximum absolute atomic E-state index is 13.5. The number of anilines is 1. The summed E-state index contributed by atoms with van der Waals surface area (Å²) < 4.78 is 11.1. The van der Waals surface area contributed by atoms with Gasteiger partial charge in [0.2, 0.25) is 0 Å². The Labute approximate surface area is 239 Å². The average molecular weight is 555 g/mol. The molecule has 0 saturated carbocycles. The van der Waals surface area contributed by atoms with Gasteiger partial charge < -0.3 is 14.5 Å². The number of ether oxygens (including phenoxy) is 1. The Morgan fingerprint density at radius 2 is 1.82 bits per heavy atom.